The Balaban J connectivity index is 1.22. The van der Waals surface area contributed by atoms with Gasteiger partial charge >= 0.3 is 0 Å². The van der Waals surface area contributed by atoms with E-state index in [1.807, 2.05) is 152 Å². The Bertz CT molecular complexity index is 4420. The van der Waals surface area contributed by atoms with E-state index in [1.165, 1.54) is 0 Å². The van der Waals surface area contributed by atoms with E-state index >= 15 is 0 Å². The molecule has 0 heterocycles. The van der Waals surface area contributed by atoms with E-state index in [4.69, 9.17) is 0 Å². The smallest absolute Gasteiger partial charge is 0.126 e. The summed E-state index contributed by atoms with van der Waals surface area (Å²) in [5.74, 6) is -7.59. The Morgan fingerprint density at radius 2 is 0.390 bits per heavy atom. The van der Waals surface area contributed by atoms with Crippen LogP contribution in [0.5, 0.6) is 69.0 Å². The maximum Gasteiger partial charge on any atom is 0.126 e. The summed E-state index contributed by atoms with van der Waals surface area (Å²) in [6, 6.07) is 50.7. The van der Waals surface area contributed by atoms with Crippen LogP contribution in [0.2, 0.25) is 0 Å². The standard InChI is InChI=1S/C88H88O12/c1-45(2)33-57-65-41-67(83(95)73(81(65)93)37-61-53-21-13-9-17-49(53)25-29-77(61)89)58(34-46(3)4)69-43-71(87(99)75(85(69)97)39-63-55-23-15-11-19-51(55)27-31-79(63)91)60(36-48(7)8)72-44-70(86(98)76(88(72)100)40-64-56-24-16-12-20-52(56)28-32-80(64)92)59(35-47(5)6)68-42-66(57)82(94)74(84(68)96)38-62-54-22-14-10-18-50(54)26-30-78(62)90/h9-32,41-48,57-60,89-100H,33-40H2,1-8H3. The van der Waals surface area contributed by atoms with Crippen molar-refractivity contribution in [2.75, 3.05) is 0 Å². The van der Waals surface area contributed by atoms with Gasteiger partial charge in [0.15, 0.2) is 0 Å². The molecule has 0 aliphatic heterocycles. The number of phenols is 12. The van der Waals surface area contributed by atoms with Crippen LogP contribution < -0.4 is 0 Å². The first-order chi connectivity index (χ1) is 47.9. The number of fused-ring (bicyclic) bond motifs is 12. The van der Waals surface area contributed by atoms with Crippen LogP contribution in [0.1, 0.15) is 194 Å². The maximum absolute atomic E-state index is 13.7. The molecule has 0 atom stereocenters. The van der Waals surface area contributed by atoms with E-state index in [0.717, 1.165) is 21.5 Å². The molecule has 12 heteroatoms. The van der Waals surface area contributed by atoms with Gasteiger partial charge in [-0.1, -0.05) is 177 Å². The third-order valence-corrected chi connectivity index (χ3v) is 21.0. The summed E-state index contributed by atoms with van der Waals surface area (Å²) >= 11 is 0. The quantitative estimate of drug-likeness (QED) is 0.0432. The van der Waals surface area contributed by atoms with Gasteiger partial charge in [-0.25, -0.2) is 0 Å². The molecule has 12 N–H and O–H groups in total. The summed E-state index contributed by atoms with van der Waals surface area (Å²) in [6.07, 6.45) is 0.162. The number of hydrogen-bond acceptors (Lipinski definition) is 12. The fourth-order valence-corrected chi connectivity index (χ4v) is 16.2. The molecule has 100 heavy (non-hydrogen) atoms. The molecule has 12 aromatic carbocycles. The highest BCUT2D eigenvalue weighted by Crippen LogP contribution is 2.58. The molecule has 0 aromatic heterocycles. The number of rotatable bonds is 16. The van der Waals surface area contributed by atoms with Gasteiger partial charge in [-0.2, -0.15) is 0 Å². The molecule has 8 bridgehead atoms. The summed E-state index contributed by atoms with van der Waals surface area (Å²) in [5, 5.41) is 163. The van der Waals surface area contributed by atoms with Gasteiger partial charge in [-0.05, 0) is 141 Å². The van der Waals surface area contributed by atoms with Gasteiger partial charge in [-0.15, -0.1) is 0 Å². The van der Waals surface area contributed by atoms with E-state index in [0.29, 0.717) is 43.8 Å². The number of benzene rings is 12. The topological polar surface area (TPSA) is 243 Å². The second-order valence-corrected chi connectivity index (χ2v) is 29.5. The maximum atomic E-state index is 13.7. The molecule has 0 saturated heterocycles. The third-order valence-electron chi connectivity index (χ3n) is 21.0. The lowest BCUT2D eigenvalue weighted by Gasteiger charge is -2.33. The SMILES string of the molecule is CC(C)CC1c2cc(c(O)c(Cc3c(O)ccc4ccccc34)c2O)C(CC(C)C)c2cc(c(O)c(Cc3c(O)ccc4ccccc34)c2O)C(CC(C)C)c2cc(c(O)c(Cc3c(O)ccc4ccccc34)c2O)C(CC(C)C)c2cc1c(O)c(Cc1c(O)ccc3ccccc13)c2O. The average Bonchev–Trinajstić information content (AvgIpc) is 0.745. The third kappa shape index (κ3) is 12.4. The first kappa shape index (κ1) is 67.8. The van der Waals surface area contributed by atoms with Crippen LogP contribution in [0.25, 0.3) is 43.1 Å². The molecule has 0 fully saturated rings. The van der Waals surface area contributed by atoms with E-state index in [1.54, 1.807) is 72.8 Å². The van der Waals surface area contributed by atoms with Gasteiger partial charge < -0.3 is 61.3 Å². The monoisotopic (exact) mass is 1340 g/mol. The van der Waals surface area contributed by atoms with Crippen LogP contribution in [0.15, 0.2) is 170 Å². The van der Waals surface area contributed by atoms with Crippen molar-refractivity contribution in [2.24, 2.45) is 23.7 Å². The van der Waals surface area contributed by atoms with Gasteiger partial charge in [0.05, 0.1) is 0 Å². The normalized spacial score (nSPS) is 15.6. The van der Waals surface area contributed by atoms with Gasteiger partial charge in [-0.3, -0.25) is 0 Å². The van der Waals surface area contributed by atoms with Crippen LogP contribution in [-0.4, -0.2) is 61.3 Å². The molecular weight excluding hydrogens is 1250 g/mol. The predicted molar refractivity (Wildman–Crippen MR) is 398 cm³/mol. The van der Waals surface area contributed by atoms with Crippen LogP contribution in [0, 0.1) is 23.7 Å². The van der Waals surface area contributed by atoms with Crippen LogP contribution in [-0.2, 0) is 25.7 Å². The largest absolute Gasteiger partial charge is 0.508 e. The van der Waals surface area contributed by atoms with E-state index in [9.17, 15) is 61.3 Å². The summed E-state index contributed by atoms with van der Waals surface area (Å²) in [6.45, 7) is 16.2. The van der Waals surface area contributed by atoms with Crippen molar-refractivity contribution in [3.8, 4) is 69.0 Å². The Morgan fingerprint density at radius 3 is 0.560 bits per heavy atom. The highest BCUT2D eigenvalue weighted by Gasteiger charge is 2.39. The van der Waals surface area contributed by atoms with Crippen molar-refractivity contribution in [3.63, 3.8) is 0 Å². The van der Waals surface area contributed by atoms with Crippen molar-refractivity contribution < 1.29 is 61.3 Å². The van der Waals surface area contributed by atoms with Crippen molar-refractivity contribution >= 4 is 43.1 Å². The highest BCUT2D eigenvalue weighted by molar-refractivity contribution is 5.92. The Labute approximate surface area is 583 Å². The van der Waals surface area contributed by atoms with Gasteiger partial charge in [0.1, 0.15) is 69.0 Å². The molecule has 13 rings (SSSR count). The lowest BCUT2D eigenvalue weighted by Crippen LogP contribution is -2.16. The van der Waals surface area contributed by atoms with E-state index in [2.05, 4.69) is 0 Å². The average molecular weight is 1340 g/mol. The molecule has 0 amide bonds. The molecule has 1 aliphatic rings. The minimum absolute atomic E-state index is 0.0477. The molecule has 0 unspecified atom stereocenters. The highest BCUT2D eigenvalue weighted by atomic mass is 16.3. The molecule has 512 valence electrons. The minimum Gasteiger partial charge on any atom is -0.508 e. The van der Waals surface area contributed by atoms with Crippen molar-refractivity contribution in [1.29, 1.82) is 0 Å². The molecule has 12 aromatic rings. The second-order valence-electron chi connectivity index (χ2n) is 29.5. The summed E-state index contributed by atoms with van der Waals surface area (Å²) in [5.41, 5.74) is 4.01. The fourth-order valence-electron chi connectivity index (χ4n) is 16.2. The lowest BCUT2D eigenvalue weighted by molar-refractivity contribution is 0.402. The van der Waals surface area contributed by atoms with Gasteiger partial charge in [0, 0.05) is 138 Å². The molecule has 0 radical (unpaired) electrons. The predicted octanol–water partition coefficient (Wildman–Crippen LogP) is 20.2. The van der Waals surface area contributed by atoms with E-state index in [-0.39, 0.29) is 211 Å². The zero-order valence-electron chi connectivity index (χ0n) is 57.8. The minimum atomic E-state index is -0.982. The number of hydrogen-bond donors (Lipinski definition) is 12. The van der Waals surface area contributed by atoms with Gasteiger partial charge in [0.25, 0.3) is 0 Å². The first-order valence-electron chi connectivity index (χ1n) is 35.0. The summed E-state index contributed by atoms with van der Waals surface area (Å²) < 4.78 is 0. The Morgan fingerprint density at radius 1 is 0.220 bits per heavy atom. The molecule has 0 spiro atoms. The number of aromatic hydroxyl groups is 12. The number of phenolic OH excluding ortho intramolecular Hbond substituents is 12. The van der Waals surface area contributed by atoms with Crippen LogP contribution >= 0.6 is 0 Å². The van der Waals surface area contributed by atoms with Crippen LogP contribution in [0.4, 0.5) is 0 Å². The van der Waals surface area contributed by atoms with Crippen LogP contribution in [0.3, 0.4) is 0 Å². The molecular formula is C88H88O12. The molecule has 1 aliphatic carbocycles. The lowest BCUT2D eigenvalue weighted by atomic mass is 9.72. The zero-order chi connectivity index (χ0) is 70.9. The van der Waals surface area contributed by atoms with Crippen molar-refractivity contribution in [1.82, 2.24) is 0 Å². The molecule has 0 saturated carbocycles. The second kappa shape index (κ2) is 27.2. The first-order valence-corrected chi connectivity index (χ1v) is 35.0. The van der Waals surface area contributed by atoms with Crippen molar-refractivity contribution in [2.45, 2.75) is 130 Å². The van der Waals surface area contributed by atoms with Gasteiger partial charge in [0.2, 0.25) is 0 Å². The fraction of sp³-hybridized carbons (Fsp3) is 0.273. The Kier molecular flexibility index (Phi) is 18.4. The summed E-state index contributed by atoms with van der Waals surface area (Å²) in [7, 11) is 0. The molecule has 12 nitrogen and oxygen atoms in total. The summed E-state index contributed by atoms with van der Waals surface area (Å²) in [4.78, 5) is 0. The van der Waals surface area contributed by atoms with E-state index < -0.39 is 23.7 Å². The Hall–Kier alpha value is -10.7. The zero-order valence-corrected chi connectivity index (χ0v) is 57.8. The van der Waals surface area contributed by atoms with Crippen molar-refractivity contribution in [3.05, 3.63) is 259 Å².